The van der Waals surface area contributed by atoms with Crippen LogP contribution in [0, 0.1) is 0 Å². The monoisotopic (exact) mass is 211 g/mol. The van der Waals surface area contributed by atoms with E-state index in [1.807, 2.05) is 6.34 Å². The molecule has 1 unspecified atom stereocenters. The number of unbranched alkanes of at least 4 members (excludes halogenated alkanes) is 1. The van der Waals surface area contributed by atoms with Gasteiger partial charge in [-0.2, -0.15) is 5.10 Å². The van der Waals surface area contributed by atoms with Crippen LogP contribution in [0.2, 0.25) is 0 Å². The van der Waals surface area contributed by atoms with Gasteiger partial charge in [0.05, 0.1) is 0 Å². The van der Waals surface area contributed by atoms with E-state index in [1.54, 1.807) is 0 Å². The summed E-state index contributed by atoms with van der Waals surface area (Å²) in [5, 5.41) is 6.74. The van der Waals surface area contributed by atoms with Crippen LogP contribution < -0.4 is 0 Å². The molecule has 1 aliphatic rings. The van der Waals surface area contributed by atoms with E-state index in [-0.39, 0.29) is 0 Å². The third-order valence-electron chi connectivity index (χ3n) is 2.91. The highest BCUT2D eigenvalue weighted by Crippen LogP contribution is 2.22. The van der Waals surface area contributed by atoms with E-state index in [2.05, 4.69) is 49.6 Å². The van der Waals surface area contributed by atoms with Gasteiger partial charge in [0.25, 0.3) is 0 Å². The van der Waals surface area contributed by atoms with E-state index in [0.29, 0.717) is 18.2 Å². The van der Waals surface area contributed by atoms with Gasteiger partial charge in [-0.05, 0) is 40.5 Å². The molecule has 3 nitrogen and oxygen atoms in total. The lowest BCUT2D eigenvalue weighted by Gasteiger charge is -2.35. The van der Waals surface area contributed by atoms with Crippen LogP contribution in [0.15, 0.2) is 5.10 Å². The molecule has 0 amide bonds. The first-order chi connectivity index (χ1) is 7.07. The molecule has 1 atom stereocenters. The summed E-state index contributed by atoms with van der Waals surface area (Å²) in [5.74, 6) is 0. The van der Waals surface area contributed by atoms with E-state index in [0.717, 1.165) is 0 Å². The van der Waals surface area contributed by atoms with Crippen LogP contribution in [0.1, 0.15) is 53.9 Å². The Bertz CT molecular complexity index is 193. The van der Waals surface area contributed by atoms with Gasteiger partial charge < -0.3 is 4.90 Å². The van der Waals surface area contributed by atoms with Gasteiger partial charge >= 0.3 is 0 Å². The van der Waals surface area contributed by atoms with Crippen molar-refractivity contribution in [2.45, 2.75) is 72.1 Å². The highest BCUT2D eigenvalue weighted by Gasteiger charge is 2.30. The first-order valence-corrected chi connectivity index (χ1v) is 6.17. The first-order valence-electron chi connectivity index (χ1n) is 6.17. The molecule has 0 fully saturated rings. The molecular weight excluding hydrogens is 186 g/mol. The molecule has 0 spiro atoms. The second kappa shape index (κ2) is 5.38. The summed E-state index contributed by atoms with van der Waals surface area (Å²) in [6.45, 7) is 11.1. The largest absolute Gasteiger partial charge is 0.337 e. The molecule has 0 aliphatic carbocycles. The van der Waals surface area contributed by atoms with Crippen LogP contribution in [-0.4, -0.2) is 34.5 Å². The van der Waals surface area contributed by atoms with Gasteiger partial charge in [-0.3, -0.25) is 5.01 Å². The predicted molar refractivity (Wildman–Crippen MR) is 65.8 cm³/mol. The van der Waals surface area contributed by atoms with Crippen LogP contribution in [0.5, 0.6) is 0 Å². The molecule has 1 aliphatic heterocycles. The summed E-state index contributed by atoms with van der Waals surface area (Å²) in [6.07, 6.45) is 6.23. The summed E-state index contributed by atoms with van der Waals surface area (Å²) in [4.78, 5) is 2.37. The number of hydrogen-bond acceptors (Lipinski definition) is 3. The Morgan fingerprint density at radius 2 is 1.87 bits per heavy atom. The lowest BCUT2D eigenvalue weighted by atomic mass is 10.1. The van der Waals surface area contributed by atoms with E-state index in [1.165, 1.54) is 19.3 Å². The fourth-order valence-electron chi connectivity index (χ4n) is 2.03. The van der Waals surface area contributed by atoms with Gasteiger partial charge in [0.15, 0.2) is 0 Å². The zero-order valence-corrected chi connectivity index (χ0v) is 10.8. The Morgan fingerprint density at radius 1 is 1.20 bits per heavy atom. The fraction of sp³-hybridized carbons (Fsp3) is 0.917. The van der Waals surface area contributed by atoms with Crippen molar-refractivity contribution < 1.29 is 0 Å². The average molecular weight is 211 g/mol. The number of hydrogen-bond donors (Lipinski definition) is 0. The van der Waals surface area contributed by atoms with E-state index >= 15 is 0 Å². The van der Waals surface area contributed by atoms with Crippen molar-refractivity contribution in [3.8, 4) is 0 Å². The van der Waals surface area contributed by atoms with E-state index in [9.17, 15) is 0 Å². The second-order valence-electron chi connectivity index (χ2n) is 4.87. The minimum absolute atomic E-state index is 0.477. The lowest BCUT2D eigenvalue weighted by Crippen LogP contribution is -2.45. The summed E-state index contributed by atoms with van der Waals surface area (Å²) < 4.78 is 0. The number of rotatable bonds is 5. The Labute approximate surface area is 94.1 Å². The zero-order chi connectivity index (χ0) is 11.4. The van der Waals surface area contributed by atoms with Crippen molar-refractivity contribution >= 4 is 6.34 Å². The first kappa shape index (κ1) is 12.3. The number of nitrogens with zero attached hydrogens (tertiary/aromatic N) is 3. The van der Waals surface area contributed by atoms with Crippen LogP contribution >= 0.6 is 0 Å². The molecule has 0 radical (unpaired) electrons. The summed E-state index contributed by atoms with van der Waals surface area (Å²) >= 11 is 0. The summed E-state index contributed by atoms with van der Waals surface area (Å²) in [7, 11) is 0. The molecule has 1 rings (SSSR count). The maximum atomic E-state index is 4.51. The van der Waals surface area contributed by atoms with E-state index in [4.69, 9.17) is 0 Å². The molecule has 0 bridgehead atoms. The minimum Gasteiger partial charge on any atom is -0.337 e. The fourth-order valence-corrected chi connectivity index (χ4v) is 2.03. The second-order valence-corrected chi connectivity index (χ2v) is 4.87. The molecule has 3 heteroatoms. The topological polar surface area (TPSA) is 18.8 Å². The van der Waals surface area contributed by atoms with Gasteiger partial charge in [-0.15, -0.1) is 0 Å². The van der Waals surface area contributed by atoms with Gasteiger partial charge in [0.2, 0.25) is 0 Å². The van der Waals surface area contributed by atoms with E-state index < -0.39 is 0 Å². The summed E-state index contributed by atoms with van der Waals surface area (Å²) in [6, 6.07) is 1.03. The Balaban J connectivity index is 2.64. The molecule has 0 aromatic heterocycles. The van der Waals surface area contributed by atoms with Crippen molar-refractivity contribution in [1.82, 2.24) is 9.91 Å². The predicted octanol–water partition coefficient (Wildman–Crippen LogP) is 2.88. The minimum atomic E-state index is 0.477. The van der Waals surface area contributed by atoms with Crippen LogP contribution in [-0.2, 0) is 0 Å². The van der Waals surface area contributed by atoms with Gasteiger partial charge in [0.1, 0.15) is 12.5 Å². The zero-order valence-electron chi connectivity index (χ0n) is 10.8. The maximum absolute atomic E-state index is 4.51. The molecule has 1 heterocycles. The summed E-state index contributed by atoms with van der Waals surface area (Å²) in [5.41, 5.74) is 0. The quantitative estimate of drug-likeness (QED) is 0.696. The van der Waals surface area contributed by atoms with Gasteiger partial charge in [-0.25, -0.2) is 0 Å². The molecule has 0 saturated carbocycles. The molecule has 0 aromatic carbocycles. The Hall–Kier alpha value is -0.730. The average Bonchev–Trinajstić information content (AvgIpc) is 2.57. The third-order valence-corrected chi connectivity index (χ3v) is 2.91. The Kier molecular flexibility index (Phi) is 4.43. The number of hydrazone groups is 1. The molecular formula is C12H25N3. The van der Waals surface area contributed by atoms with Crippen molar-refractivity contribution in [2.24, 2.45) is 5.10 Å². The van der Waals surface area contributed by atoms with Crippen LogP contribution in [0.4, 0.5) is 0 Å². The molecule has 15 heavy (non-hydrogen) atoms. The molecule has 0 saturated heterocycles. The Morgan fingerprint density at radius 3 is 2.33 bits per heavy atom. The molecule has 0 aromatic rings. The lowest BCUT2D eigenvalue weighted by molar-refractivity contribution is 0.0762. The van der Waals surface area contributed by atoms with Crippen molar-refractivity contribution in [2.75, 3.05) is 0 Å². The normalized spacial score (nSPS) is 21.1. The van der Waals surface area contributed by atoms with Crippen molar-refractivity contribution in [3.63, 3.8) is 0 Å². The molecule has 88 valence electrons. The SMILES string of the molecule is CCCCC1N(C(C)C)C=NN1C(C)C. The van der Waals surface area contributed by atoms with Crippen molar-refractivity contribution in [3.05, 3.63) is 0 Å². The highest BCUT2D eigenvalue weighted by atomic mass is 15.6. The molecule has 0 N–H and O–H groups in total. The van der Waals surface area contributed by atoms with Gasteiger partial charge in [0, 0.05) is 12.1 Å². The van der Waals surface area contributed by atoms with Crippen LogP contribution in [0.25, 0.3) is 0 Å². The van der Waals surface area contributed by atoms with Crippen LogP contribution in [0.3, 0.4) is 0 Å². The standard InChI is InChI=1S/C12H25N3/c1-6-7-8-12-14(10(2)3)9-13-15(12)11(4)5/h9-12H,6-8H2,1-5H3. The van der Waals surface area contributed by atoms with Crippen molar-refractivity contribution in [1.29, 1.82) is 0 Å². The smallest absolute Gasteiger partial charge is 0.119 e. The highest BCUT2D eigenvalue weighted by molar-refractivity contribution is 5.57. The third kappa shape index (κ3) is 2.86. The maximum Gasteiger partial charge on any atom is 0.119 e. The van der Waals surface area contributed by atoms with Gasteiger partial charge in [-0.1, -0.05) is 13.3 Å².